The van der Waals surface area contributed by atoms with E-state index in [0.717, 1.165) is 56.3 Å². The fourth-order valence-corrected chi connectivity index (χ4v) is 11.4. The highest BCUT2D eigenvalue weighted by molar-refractivity contribution is 7.23. The van der Waals surface area contributed by atoms with Gasteiger partial charge in [0.25, 0.3) is 0 Å². The molecule has 60 heavy (non-hydrogen) atoms. The Morgan fingerprint density at radius 1 is 0.933 bits per heavy atom. The summed E-state index contributed by atoms with van der Waals surface area (Å²) in [6.07, 6.45) is 3.65. The highest BCUT2D eigenvalue weighted by atomic mass is 32.1. The van der Waals surface area contributed by atoms with E-state index in [1.165, 1.54) is 0 Å². The molecule has 1 N–H and O–H groups in total. The topological polar surface area (TPSA) is 149 Å². The van der Waals surface area contributed by atoms with E-state index in [1.54, 1.807) is 25.7 Å². The minimum Gasteiger partial charge on any atom is -0.444 e. The summed E-state index contributed by atoms with van der Waals surface area (Å²) in [6, 6.07) is 2.35. The Balaban J connectivity index is 1.22. The van der Waals surface area contributed by atoms with Crippen LogP contribution in [0.1, 0.15) is 83.9 Å². The molecule has 0 radical (unpaired) electrons. The van der Waals surface area contributed by atoms with E-state index < -0.39 is 28.9 Å². The maximum absolute atomic E-state index is 18.1. The summed E-state index contributed by atoms with van der Waals surface area (Å²) in [7, 11) is 4.26. The van der Waals surface area contributed by atoms with E-state index in [4.69, 9.17) is 24.2 Å². The summed E-state index contributed by atoms with van der Waals surface area (Å²) in [5.41, 5.74) is -0.107. The van der Waals surface area contributed by atoms with Crippen LogP contribution in [0.3, 0.4) is 0 Å². The van der Waals surface area contributed by atoms with Gasteiger partial charge in [-0.3, -0.25) is 10.3 Å². The van der Waals surface area contributed by atoms with Crippen LogP contribution in [0.25, 0.3) is 32.2 Å². The van der Waals surface area contributed by atoms with E-state index in [0.29, 0.717) is 59.2 Å². The molecule has 0 spiro atoms. The van der Waals surface area contributed by atoms with Gasteiger partial charge in [0.2, 0.25) is 5.95 Å². The van der Waals surface area contributed by atoms with Crippen molar-refractivity contribution < 1.29 is 32.6 Å². The van der Waals surface area contributed by atoms with Crippen LogP contribution in [-0.2, 0) is 27.4 Å². The Morgan fingerprint density at radius 2 is 1.58 bits per heavy atom. The predicted molar refractivity (Wildman–Crippen MR) is 224 cm³/mol. The Bertz CT molecular complexity index is 2450. The highest BCUT2D eigenvalue weighted by Crippen LogP contribution is 2.49. The zero-order chi connectivity index (χ0) is 42.6. The first kappa shape index (κ1) is 40.5. The van der Waals surface area contributed by atoms with Gasteiger partial charge >= 0.3 is 12.2 Å². The molecular formula is C43H51F2N9O5S. The number of benzene rings is 1. The molecule has 4 bridgehead atoms. The molecule has 3 unspecified atom stereocenters. The third kappa shape index (κ3) is 6.94. The molecular weight excluding hydrogens is 793 g/mol. The third-order valence-electron chi connectivity index (χ3n) is 12.4. The smallest absolute Gasteiger partial charge is 0.412 e. The molecule has 5 aliphatic rings. The number of nitrogens with one attached hydrogen (secondary N) is 1. The molecule has 5 atom stereocenters. The lowest BCUT2D eigenvalue weighted by Gasteiger charge is -2.43. The normalized spacial score (nSPS) is 23.8. The van der Waals surface area contributed by atoms with Gasteiger partial charge in [-0.25, -0.2) is 23.4 Å². The fraction of sp³-hybridized carbons (Fsp3) is 0.581. The SMILES string of the molecule is CN(C)C1[C@@H]2CC[C@H]1CN(c1nc(N3C4CCC3CN(C(=O)OC(C)(C)C)C4)c3c4c(c(-c5ncc(F)c6sc(NC(=O)OC(C)(C)C)c(C#N)c56)c(F)c3n1)COC4)C2. The lowest BCUT2D eigenvalue weighted by Crippen LogP contribution is -2.56. The number of amides is 2. The number of carbonyl (C=O) groups is 2. The van der Waals surface area contributed by atoms with Crippen LogP contribution < -0.4 is 15.1 Å². The average Bonchev–Trinajstić information content (AvgIpc) is 3.91. The predicted octanol–water partition coefficient (Wildman–Crippen LogP) is 7.80. The summed E-state index contributed by atoms with van der Waals surface area (Å²) in [5.74, 6) is 0.431. The molecule has 9 rings (SSSR count). The minimum atomic E-state index is -0.826. The first-order chi connectivity index (χ1) is 28.4. The first-order valence-corrected chi connectivity index (χ1v) is 21.5. The molecule has 17 heteroatoms. The van der Waals surface area contributed by atoms with Gasteiger partial charge in [0, 0.05) is 55.3 Å². The summed E-state index contributed by atoms with van der Waals surface area (Å²) in [4.78, 5) is 49.7. The number of halogens is 2. The molecule has 318 valence electrons. The number of ether oxygens (including phenoxy) is 3. The van der Waals surface area contributed by atoms with Crippen molar-refractivity contribution in [2.75, 3.05) is 55.4 Å². The van der Waals surface area contributed by atoms with E-state index in [-0.39, 0.29) is 68.8 Å². The first-order valence-electron chi connectivity index (χ1n) is 20.7. The van der Waals surface area contributed by atoms with Crippen molar-refractivity contribution in [1.82, 2.24) is 24.8 Å². The molecule has 3 aromatic heterocycles. The molecule has 4 aromatic rings. The van der Waals surface area contributed by atoms with Crippen molar-refractivity contribution in [2.24, 2.45) is 11.8 Å². The molecule has 1 aliphatic carbocycles. The summed E-state index contributed by atoms with van der Waals surface area (Å²) in [5, 5.41) is 13.8. The third-order valence-corrected chi connectivity index (χ3v) is 13.6. The highest BCUT2D eigenvalue weighted by Gasteiger charge is 2.47. The standard InChI is InChI=1S/C43H51F2N9O5S/c1-42(2,3)58-40(55)50-38-25(13-46)30-33(47-14-28(44)36(30)60-38)29-26-19-57-20-27(26)31-34(32(29)45)48-39(52-15-21-9-10-22(16-52)35(21)51(7)8)49-37(31)54-23-11-12-24(54)18-53(17-23)41(56)59-43(4,5)6/h14,21-24,35H,9-12,15-20H2,1-8H3,(H,50,55)/t21-,22+,23?,24?,35?. The second-order valence-electron chi connectivity index (χ2n) is 19.0. The number of piperazine rings is 1. The molecule has 4 aliphatic heterocycles. The van der Waals surface area contributed by atoms with Crippen molar-refractivity contribution in [3.63, 3.8) is 0 Å². The zero-order valence-corrected chi connectivity index (χ0v) is 36.1. The molecule has 1 saturated carbocycles. The Morgan fingerprint density at radius 3 is 2.20 bits per heavy atom. The number of nitrogens with zero attached hydrogens (tertiary/aromatic N) is 8. The number of carbonyl (C=O) groups excluding carboxylic acids is 2. The van der Waals surface area contributed by atoms with Crippen molar-refractivity contribution in [3.05, 3.63) is 34.5 Å². The van der Waals surface area contributed by atoms with Crippen molar-refractivity contribution >= 4 is 61.3 Å². The van der Waals surface area contributed by atoms with E-state index >= 15 is 8.78 Å². The van der Waals surface area contributed by atoms with Gasteiger partial charge in [-0.1, -0.05) is 0 Å². The van der Waals surface area contributed by atoms with Crippen LogP contribution in [0.2, 0.25) is 0 Å². The minimum absolute atomic E-state index is 0.0367. The lowest BCUT2D eigenvalue weighted by molar-refractivity contribution is 0.0209. The number of hydrogen-bond acceptors (Lipinski definition) is 13. The van der Waals surface area contributed by atoms with Crippen LogP contribution in [0.15, 0.2) is 6.20 Å². The van der Waals surface area contributed by atoms with Gasteiger partial charge in [-0.15, -0.1) is 11.3 Å². The number of hydrogen-bond donors (Lipinski definition) is 1. The van der Waals surface area contributed by atoms with Gasteiger partial charge < -0.3 is 33.8 Å². The van der Waals surface area contributed by atoms with Gasteiger partial charge in [0.15, 0.2) is 11.6 Å². The maximum atomic E-state index is 18.1. The van der Waals surface area contributed by atoms with E-state index in [9.17, 15) is 14.9 Å². The Kier molecular flexibility index (Phi) is 9.87. The van der Waals surface area contributed by atoms with Crippen LogP contribution in [0, 0.1) is 34.8 Å². The average molecular weight is 844 g/mol. The molecule has 4 fully saturated rings. The molecule has 2 amide bonds. The Hall–Kier alpha value is -4.92. The summed E-state index contributed by atoms with van der Waals surface area (Å²) in [6.45, 7) is 13.2. The molecule has 3 saturated heterocycles. The van der Waals surface area contributed by atoms with E-state index in [2.05, 4.69) is 45.2 Å². The van der Waals surface area contributed by atoms with Gasteiger partial charge in [0.05, 0.1) is 40.8 Å². The van der Waals surface area contributed by atoms with Crippen molar-refractivity contribution in [3.8, 4) is 17.3 Å². The molecule has 1 aromatic carbocycles. The Labute approximate surface area is 351 Å². The largest absolute Gasteiger partial charge is 0.444 e. The van der Waals surface area contributed by atoms with Crippen LogP contribution in [-0.4, -0.2) is 107 Å². The van der Waals surface area contributed by atoms with Crippen LogP contribution in [0.5, 0.6) is 0 Å². The van der Waals surface area contributed by atoms with Gasteiger partial charge in [0.1, 0.15) is 33.6 Å². The number of aromatic nitrogens is 3. The van der Waals surface area contributed by atoms with Crippen molar-refractivity contribution in [2.45, 2.75) is 110 Å². The number of thiophene rings is 1. The summed E-state index contributed by atoms with van der Waals surface area (Å²) < 4.78 is 51.1. The zero-order valence-electron chi connectivity index (χ0n) is 35.3. The number of rotatable bonds is 5. The second kappa shape index (κ2) is 14.6. The molecule has 7 heterocycles. The number of anilines is 3. The van der Waals surface area contributed by atoms with Crippen molar-refractivity contribution in [1.29, 1.82) is 5.26 Å². The van der Waals surface area contributed by atoms with Crippen LogP contribution >= 0.6 is 11.3 Å². The monoisotopic (exact) mass is 843 g/mol. The van der Waals surface area contributed by atoms with E-state index in [1.807, 2.05) is 20.8 Å². The van der Waals surface area contributed by atoms with Gasteiger partial charge in [-0.05, 0) is 104 Å². The number of likely N-dealkylation sites (tertiary alicyclic amines) is 1. The second-order valence-corrected chi connectivity index (χ2v) is 20.1. The summed E-state index contributed by atoms with van der Waals surface area (Å²) >= 11 is 0.862. The number of fused-ring (bicyclic) bond motifs is 8. The quantitative estimate of drug-likeness (QED) is 0.209. The lowest BCUT2D eigenvalue weighted by atomic mass is 9.91. The number of piperidine rings is 1. The number of pyridine rings is 1. The molecule has 14 nitrogen and oxygen atoms in total. The maximum Gasteiger partial charge on any atom is 0.412 e. The van der Waals surface area contributed by atoms with Crippen LogP contribution in [0.4, 0.5) is 35.1 Å². The van der Waals surface area contributed by atoms with Gasteiger partial charge in [-0.2, -0.15) is 10.2 Å². The number of nitriles is 1. The fourth-order valence-electron chi connectivity index (χ4n) is 10.4.